The molecule has 0 bridgehead atoms. The summed E-state index contributed by atoms with van der Waals surface area (Å²) in [7, 11) is 0. The van der Waals surface area contributed by atoms with Crippen molar-refractivity contribution in [2.75, 3.05) is 0 Å². The summed E-state index contributed by atoms with van der Waals surface area (Å²) < 4.78 is 15.0. The SMILES string of the molecule is O=[C-]/C=C/c1ccccc1.[C-]#[O+].[C-]#[O+].[CH]1[CH][CH][CH][CH]1.[Fe+2]. The van der Waals surface area contributed by atoms with E-state index in [-0.39, 0.29) is 17.1 Å². The van der Waals surface area contributed by atoms with Crippen LogP contribution in [0, 0.1) is 45.4 Å². The Balaban J connectivity index is -0.000000246. The van der Waals surface area contributed by atoms with Crippen LogP contribution in [-0.2, 0) is 31.2 Å². The van der Waals surface area contributed by atoms with E-state index in [4.69, 9.17) is 9.30 Å². The van der Waals surface area contributed by atoms with E-state index in [0.717, 1.165) is 5.56 Å². The minimum Gasteiger partial charge on any atom is -0.0312 e. The Morgan fingerprint density at radius 2 is 1.25 bits per heavy atom. The van der Waals surface area contributed by atoms with Gasteiger partial charge in [0.15, 0.2) is 0 Å². The van der Waals surface area contributed by atoms with E-state index in [2.05, 4.69) is 13.3 Å². The van der Waals surface area contributed by atoms with Crippen molar-refractivity contribution in [3.8, 4) is 0 Å². The van der Waals surface area contributed by atoms with E-state index in [0.29, 0.717) is 0 Å². The van der Waals surface area contributed by atoms with Crippen LogP contribution >= 0.6 is 0 Å². The van der Waals surface area contributed by atoms with Crippen LogP contribution in [0.3, 0.4) is 0 Å². The molecule has 1 saturated carbocycles. The van der Waals surface area contributed by atoms with Crippen molar-refractivity contribution in [3.05, 3.63) is 87.4 Å². The first-order valence-corrected chi connectivity index (χ1v) is 5.10. The van der Waals surface area contributed by atoms with Crippen LogP contribution in [0.15, 0.2) is 36.4 Å². The van der Waals surface area contributed by atoms with Crippen LogP contribution in [0.1, 0.15) is 5.56 Å². The molecule has 0 aliphatic heterocycles. The molecule has 0 amide bonds. The van der Waals surface area contributed by atoms with Gasteiger partial charge in [-0.05, 0) is 38.4 Å². The van der Waals surface area contributed by atoms with Crippen molar-refractivity contribution in [2.24, 2.45) is 0 Å². The van der Waals surface area contributed by atoms with Crippen LogP contribution in [0.4, 0.5) is 0 Å². The molecular formula is C16H12FeO3+. The van der Waals surface area contributed by atoms with E-state index in [1.807, 2.05) is 62.4 Å². The summed E-state index contributed by atoms with van der Waals surface area (Å²) >= 11 is 0. The maximum absolute atomic E-state index is 9.77. The Morgan fingerprint density at radius 3 is 1.60 bits per heavy atom. The van der Waals surface area contributed by atoms with Gasteiger partial charge in [-0.3, -0.25) is 0 Å². The third-order valence-electron chi connectivity index (χ3n) is 1.70. The molecule has 0 unspecified atom stereocenters. The zero-order valence-corrected chi connectivity index (χ0v) is 11.6. The molecule has 0 atom stereocenters. The van der Waals surface area contributed by atoms with Gasteiger partial charge in [-0.15, -0.1) is 5.56 Å². The largest absolute Gasteiger partial charge is 2.00 e. The molecule has 101 valence electrons. The Bertz CT molecular complexity index is 351. The molecule has 1 aliphatic rings. The van der Waals surface area contributed by atoms with Gasteiger partial charge in [-0.1, -0.05) is 30.3 Å². The second-order valence-electron chi connectivity index (χ2n) is 2.82. The van der Waals surface area contributed by atoms with Crippen LogP contribution < -0.4 is 0 Å². The van der Waals surface area contributed by atoms with Gasteiger partial charge in [0.25, 0.3) is 0 Å². The van der Waals surface area contributed by atoms with Crippen molar-refractivity contribution < 1.29 is 31.2 Å². The van der Waals surface area contributed by atoms with Crippen molar-refractivity contribution in [2.45, 2.75) is 0 Å². The van der Waals surface area contributed by atoms with Gasteiger partial charge in [-0.25, -0.2) is 6.08 Å². The number of carbonyl (C=O) groups excluding carboxylic acids is 1. The monoisotopic (exact) mass is 308 g/mol. The molecule has 1 aliphatic carbocycles. The summed E-state index contributed by atoms with van der Waals surface area (Å²) in [5.74, 6) is 0. The van der Waals surface area contributed by atoms with Crippen LogP contribution in [-0.4, -0.2) is 6.29 Å². The van der Waals surface area contributed by atoms with Gasteiger partial charge in [0, 0.05) is 0 Å². The van der Waals surface area contributed by atoms with Crippen molar-refractivity contribution in [1.82, 2.24) is 0 Å². The Labute approximate surface area is 131 Å². The molecule has 20 heavy (non-hydrogen) atoms. The zero-order valence-electron chi connectivity index (χ0n) is 10.5. The van der Waals surface area contributed by atoms with Gasteiger partial charge in [-0.2, -0.15) is 6.08 Å². The van der Waals surface area contributed by atoms with Gasteiger partial charge in [0.1, 0.15) is 0 Å². The maximum Gasteiger partial charge on any atom is 2.00 e. The molecule has 0 saturated heterocycles. The smallest absolute Gasteiger partial charge is 0.0312 e. The summed E-state index contributed by atoms with van der Waals surface area (Å²) in [4.78, 5) is 9.77. The quantitative estimate of drug-likeness (QED) is 0.359. The second kappa shape index (κ2) is 22.8. The third kappa shape index (κ3) is 16.6. The third-order valence-corrected chi connectivity index (χ3v) is 1.70. The molecule has 4 heteroatoms. The molecule has 2 rings (SSSR count). The Morgan fingerprint density at radius 1 is 0.850 bits per heavy atom. The fraction of sp³-hybridized carbons (Fsp3) is 0. The normalized spacial score (nSPS) is 11.2. The van der Waals surface area contributed by atoms with Gasteiger partial charge in [0.2, 0.25) is 0 Å². The van der Waals surface area contributed by atoms with Crippen molar-refractivity contribution in [3.63, 3.8) is 0 Å². The molecule has 5 radical (unpaired) electrons. The topological polar surface area (TPSA) is 56.9 Å². The molecular weight excluding hydrogens is 296 g/mol. The van der Waals surface area contributed by atoms with Crippen molar-refractivity contribution >= 4 is 12.4 Å². The molecule has 1 aromatic rings. The molecule has 1 fully saturated rings. The van der Waals surface area contributed by atoms with E-state index in [1.165, 1.54) is 6.08 Å². The molecule has 0 N–H and O–H groups in total. The average Bonchev–Trinajstić information content (AvgIpc) is 3.10. The Hall–Kier alpha value is -1.37. The number of benzene rings is 1. The number of hydrogen-bond acceptors (Lipinski definition) is 1. The number of hydrogen-bond donors (Lipinski definition) is 0. The molecule has 0 aromatic heterocycles. The average molecular weight is 308 g/mol. The summed E-state index contributed by atoms with van der Waals surface area (Å²) in [6.45, 7) is 9.00. The van der Waals surface area contributed by atoms with Crippen LogP contribution in [0.5, 0.6) is 0 Å². The van der Waals surface area contributed by atoms with Crippen molar-refractivity contribution in [1.29, 1.82) is 0 Å². The minimum absolute atomic E-state index is 0. The summed E-state index contributed by atoms with van der Waals surface area (Å²) in [5, 5.41) is 0. The molecule has 0 spiro atoms. The molecule has 1 aromatic carbocycles. The summed E-state index contributed by atoms with van der Waals surface area (Å²) in [6.07, 6.45) is 14.8. The predicted molar refractivity (Wildman–Crippen MR) is 70.5 cm³/mol. The van der Waals surface area contributed by atoms with E-state index >= 15 is 0 Å². The number of rotatable bonds is 2. The predicted octanol–water partition coefficient (Wildman–Crippen LogP) is 2.75. The first kappa shape index (κ1) is 23.7. The summed E-state index contributed by atoms with van der Waals surface area (Å²) in [6, 6.07) is 9.62. The first-order valence-electron chi connectivity index (χ1n) is 5.10. The fourth-order valence-corrected chi connectivity index (χ4v) is 1.02. The van der Waals surface area contributed by atoms with Crippen LogP contribution in [0.25, 0.3) is 6.08 Å². The molecule has 0 heterocycles. The second-order valence-corrected chi connectivity index (χ2v) is 2.82. The standard InChI is InChI=1S/C9H7O.C5H5.2CO.Fe/c10-8-4-7-9-5-2-1-3-6-9;1-2-4-5-3-1;2*1-2;/h1-7H;1-5H;;;/q-1;;;;+2/b7-4+;;;;. The van der Waals surface area contributed by atoms with E-state index in [9.17, 15) is 4.79 Å². The fourth-order valence-electron chi connectivity index (χ4n) is 1.02. The van der Waals surface area contributed by atoms with Gasteiger partial charge < -0.3 is 4.79 Å². The number of allylic oxidation sites excluding steroid dienone is 1. The Kier molecular flexibility index (Phi) is 27.0. The molecule has 3 nitrogen and oxygen atoms in total. The summed E-state index contributed by atoms with van der Waals surface area (Å²) in [5.41, 5.74) is 1.02. The zero-order chi connectivity index (χ0) is 14.8. The van der Waals surface area contributed by atoms with Gasteiger partial charge in [0.05, 0.1) is 0 Å². The maximum atomic E-state index is 9.77. The van der Waals surface area contributed by atoms with Gasteiger partial charge >= 0.3 is 39.7 Å². The van der Waals surface area contributed by atoms with Crippen LogP contribution in [0.2, 0.25) is 0 Å². The van der Waals surface area contributed by atoms with E-state index < -0.39 is 0 Å². The van der Waals surface area contributed by atoms with E-state index in [1.54, 1.807) is 12.4 Å². The first-order chi connectivity index (χ1) is 9.43. The minimum atomic E-state index is 0.